The summed E-state index contributed by atoms with van der Waals surface area (Å²) in [7, 11) is 0. The van der Waals surface area contributed by atoms with Gasteiger partial charge >= 0.3 is 0 Å². The third-order valence-corrected chi connectivity index (χ3v) is 12.2. The first-order valence-corrected chi connectivity index (χ1v) is 11.8. The third-order valence-electron chi connectivity index (χ3n) is 4.98. The van der Waals surface area contributed by atoms with Gasteiger partial charge in [0.2, 0.25) is 0 Å². The minimum absolute atomic E-state index is 0.170. The van der Waals surface area contributed by atoms with Crippen molar-refractivity contribution >= 4 is 95.9 Å². The van der Waals surface area contributed by atoms with Crippen LogP contribution in [0.3, 0.4) is 0 Å². The van der Waals surface area contributed by atoms with Gasteiger partial charge in [0.25, 0.3) is 0 Å². The standard InChI is InChI=1S/C18H22I4/c1-9-7-10(2)15(11(3)8-9)16-12(4)17(19,20)14(6)18(21,22)13(16)5/h7-8,12,14H,1-6H3. The molecule has 0 radical (unpaired) electrons. The number of halogens is 4. The Morgan fingerprint density at radius 2 is 1.32 bits per heavy atom. The summed E-state index contributed by atoms with van der Waals surface area (Å²) in [6, 6.07) is 4.66. The molecule has 0 nitrogen and oxygen atoms in total. The lowest BCUT2D eigenvalue weighted by molar-refractivity contribution is 0.474. The van der Waals surface area contributed by atoms with Crippen LogP contribution in [-0.2, 0) is 0 Å². The van der Waals surface area contributed by atoms with Gasteiger partial charge in [0.05, 0.1) is 2.86 Å². The van der Waals surface area contributed by atoms with Gasteiger partial charge < -0.3 is 0 Å². The topological polar surface area (TPSA) is 0 Å². The Labute approximate surface area is 189 Å². The van der Waals surface area contributed by atoms with E-state index in [-0.39, 0.29) is 2.86 Å². The summed E-state index contributed by atoms with van der Waals surface area (Å²) < 4.78 is 0.403. The van der Waals surface area contributed by atoms with Crippen LogP contribution in [0.4, 0.5) is 0 Å². The summed E-state index contributed by atoms with van der Waals surface area (Å²) in [4.78, 5) is 0. The Kier molecular flexibility index (Phi) is 6.32. The highest BCUT2D eigenvalue weighted by molar-refractivity contribution is 14.2. The fourth-order valence-corrected chi connectivity index (χ4v) is 9.15. The van der Waals surface area contributed by atoms with Gasteiger partial charge in [-0.2, -0.15) is 0 Å². The molecular weight excluding hydrogens is 724 g/mol. The molecule has 1 aromatic carbocycles. The summed E-state index contributed by atoms with van der Waals surface area (Å²) in [5, 5.41) is 0. The van der Waals surface area contributed by atoms with Gasteiger partial charge in [0.15, 0.2) is 0 Å². The highest BCUT2D eigenvalue weighted by atomic mass is 127. The largest absolute Gasteiger partial charge is 0.0991 e. The number of hydrogen-bond donors (Lipinski definition) is 0. The molecule has 0 saturated carbocycles. The molecule has 0 fully saturated rings. The average Bonchev–Trinajstić information content (AvgIpc) is 2.38. The zero-order valence-electron chi connectivity index (χ0n) is 13.8. The summed E-state index contributed by atoms with van der Waals surface area (Å²) >= 11 is 10.7. The van der Waals surface area contributed by atoms with Crippen molar-refractivity contribution in [3.8, 4) is 0 Å². The lowest BCUT2D eigenvalue weighted by Gasteiger charge is -2.48. The van der Waals surface area contributed by atoms with Gasteiger partial charge in [-0.05, 0) is 55.5 Å². The monoisotopic (exact) mass is 746 g/mol. The summed E-state index contributed by atoms with van der Waals surface area (Å²) in [5.74, 6) is 1.16. The van der Waals surface area contributed by atoms with Crippen LogP contribution in [0.2, 0.25) is 0 Å². The molecule has 4 heteroatoms. The van der Waals surface area contributed by atoms with E-state index in [0.717, 1.165) is 0 Å². The van der Waals surface area contributed by atoms with Crippen LogP contribution in [0.1, 0.15) is 43.0 Å². The quantitative estimate of drug-likeness (QED) is 0.204. The maximum atomic E-state index is 2.69. The molecule has 0 amide bonds. The van der Waals surface area contributed by atoms with Crippen molar-refractivity contribution in [2.75, 3.05) is 0 Å². The van der Waals surface area contributed by atoms with Crippen LogP contribution in [0.25, 0.3) is 5.57 Å². The summed E-state index contributed by atoms with van der Waals surface area (Å²) in [5.41, 5.74) is 8.80. The van der Waals surface area contributed by atoms with E-state index >= 15 is 0 Å². The fourth-order valence-electron chi connectivity index (χ4n) is 3.65. The maximum absolute atomic E-state index is 2.69. The van der Waals surface area contributed by atoms with E-state index in [1.54, 1.807) is 11.1 Å². The van der Waals surface area contributed by atoms with E-state index in [1.165, 1.54) is 22.3 Å². The smallest absolute Gasteiger partial charge is 0.0662 e. The summed E-state index contributed by atoms with van der Waals surface area (Å²) in [6.07, 6.45) is 0. The second-order valence-corrected chi connectivity index (χ2v) is 17.7. The highest BCUT2D eigenvalue weighted by Crippen LogP contribution is 2.63. The molecule has 0 aromatic heterocycles. The second-order valence-electron chi connectivity index (χ2n) is 6.55. The van der Waals surface area contributed by atoms with Gasteiger partial charge in [0.1, 0.15) is 0 Å². The van der Waals surface area contributed by atoms with Crippen LogP contribution < -0.4 is 0 Å². The molecule has 1 aromatic rings. The van der Waals surface area contributed by atoms with E-state index in [1.807, 2.05) is 0 Å². The SMILES string of the molecule is CC1=C(c2c(C)cc(C)cc2C)C(C)C(I)(I)C(C)C1(I)I. The number of aryl methyl sites for hydroxylation is 3. The minimum Gasteiger partial charge on any atom is -0.0662 e. The van der Waals surface area contributed by atoms with Crippen molar-refractivity contribution in [2.45, 2.75) is 44.4 Å². The minimum atomic E-state index is 0.170. The molecule has 22 heavy (non-hydrogen) atoms. The Morgan fingerprint density at radius 1 is 0.864 bits per heavy atom. The maximum Gasteiger partial charge on any atom is 0.0991 e. The first kappa shape index (κ1) is 20.2. The van der Waals surface area contributed by atoms with Gasteiger partial charge in [-0.1, -0.05) is 122 Å². The van der Waals surface area contributed by atoms with Crippen LogP contribution >= 0.6 is 90.4 Å². The van der Waals surface area contributed by atoms with Crippen LogP contribution in [0.5, 0.6) is 0 Å². The molecule has 122 valence electrons. The molecule has 0 bridgehead atoms. The van der Waals surface area contributed by atoms with Crippen molar-refractivity contribution in [1.29, 1.82) is 0 Å². The molecular formula is C18H22I4. The lowest BCUT2D eigenvalue weighted by Crippen LogP contribution is -2.45. The number of allylic oxidation sites excluding steroid dienone is 2. The number of alkyl halides is 4. The van der Waals surface area contributed by atoms with Crippen molar-refractivity contribution in [2.24, 2.45) is 11.8 Å². The third kappa shape index (κ3) is 3.29. The number of hydrogen-bond acceptors (Lipinski definition) is 0. The fraction of sp³-hybridized carbons (Fsp3) is 0.556. The van der Waals surface area contributed by atoms with Gasteiger partial charge in [-0.25, -0.2) is 0 Å². The Bertz CT molecular complexity index is 617. The predicted molar refractivity (Wildman–Crippen MR) is 133 cm³/mol. The van der Waals surface area contributed by atoms with E-state index in [0.29, 0.717) is 11.8 Å². The first-order valence-electron chi connectivity index (χ1n) is 7.47. The van der Waals surface area contributed by atoms with Crippen LogP contribution in [0, 0.1) is 32.6 Å². The highest BCUT2D eigenvalue weighted by Gasteiger charge is 2.53. The molecule has 2 atom stereocenters. The van der Waals surface area contributed by atoms with Crippen molar-refractivity contribution < 1.29 is 0 Å². The Hall–Kier alpha value is 1.88. The first-order chi connectivity index (χ1) is 9.92. The van der Waals surface area contributed by atoms with E-state index in [4.69, 9.17) is 0 Å². The number of benzene rings is 1. The van der Waals surface area contributed by atoms with Crippen molar-refractivity contribution in [3.05, 3.63) is 40.0 Å². The average molecular weight is 746 g/mol. The van der Waals surface area contributed by atoms with Crippen LogP contribution in [0.15, 0.2) is 17.7 Å². The molecule has 0 aliphatic heterocycles. The molecule has 0 spiro atoms. The van der Waals surface area contributed by atoms with E-state index in [9.17, 15) is 0 Å². The molecule has 2 unspecified atom stereocenters. The summed E-state index contributed by atoms with van der Waals surface area (Å²) in [6.45, 7) is 13.9. The Balaban J connectivity index is 2.81. The van der Waals surface area contributed by atoms with Gasteiger partial charge in [-0.3, -0.25) is 0 Å². The molecule has 2 rings (SSSR count). The molecule has 1 aliphatic rings. The lowest BCUT2D eigenvalue weighted by atomic mass is 9.74. The number of rotatable bonds is 1. The zero-order chi connectivity index (χ0) is 17.0. The van der Waals surface area contributed by atoms with E-state index < -0.39 is 0 Å². The normalized spacial score (nSPS) is 27.2. The van der Waals surface area contributed by atoms with Gasteiger partial charge in [0, 0.05) is 11.8 Å². The van der Waals surface area contributed by atoms with Gasteiger partial charge in [-0.15, -0.1) is 0 Å². The van der Waals surface area contributed by atoms with Crippen molar-refractivity contribution in [1.82, 2.24) is 0 Å². The Morgan fingerprint density at radius 3 is 1.77 bits per heavy atom. The second kappa shape index (κ2) is 6.89. The molecule has 1 aliphatic carbocycles. The molecule has 0 saturated heterocycles. The zero-order valence-corrected chi connectivity index (χ0v) is 22.5. The van der Waals surface area contributed by atoms with E-state index in [2.05, 4.69) is 144 Å². The van der Waals surface area contributed by atoms with Crippen LogP contribution in [-0.4, -0.2) is 2.86 Å². The molecule has 0 N–H and O–H groups in total. The predicted octanol–water partition coefficient (Wildman–Crippen LogP) is 7.80. The molecule has 0 heterocycles. The van der Waals surface area contributed by atoms with Crippen molar-refractivity contribution in [3.63, 3.8) is 0 Å².